The van der Waals surface area contributed by atoms with Crippen LogP contribution in [-0.2, 0) is 0 Å². The maximum absolute atomic E-state index is 8.68. The number of nitrogens with one attached hydrogen (secondary N) is 1. The second-order valence-corrected chi connectivity index (χ2v) is 4.44. The first kappa shape index (κ1) is 15.9. The number of hydrazone groups is 1. The molecule has 0 saturated carbocycles. The molecule has 0 fully saturated rings. The fourth-order valence-electron chi connectivity index (χ4n) is 1.99. The van der Waals surface area contributed by atoms with Gasteiger partial charge in [-0.3, -0.25) is 5.43 Å². The summed E-state index contributed by atoms with van der Waals surface area (Å²) in [6.45, 7) is 0. The second kappa shape index (κ2) is 7.48. The molecule has 1 N–H and O–H groups in total. The van der Waals surface area contributed by atoms with Crippen LogP contribution in [0, 0.1) is 22.7 Å². The lowest BCUT2D eigenvalue weighted by Gasteiger charge is -2.11. The van der Waals surface area contributed by atoms with Crippen LogP contribution in [0.1, 0.15) is 0 Å². The molecule has 2 rings (SSSR count). The van der Waals surface area contributed by atoms with Gasteiger partial charge in [0.25, 0.3) is 0 Å². The van der Waals surface area contributed by atoms with Gasteiger partial charge in [0.15, 0.2) is 0 Å². The third-order valence-corrected chi connectivity index (χ3v) is 3.09. The number of ether oxygens (including phenoxy) is 2. The Morgan fingerprint density at radius 3 is 2.48 bits per heavy atom. The topological polar surface area (TPSA) is 90.4 Å². The van der Waals surface area contributed by atoms with E-state index >= 15 is 0 Å². The lowest BCUT2D eigenvalue weighted by atomic mass is 10.0. The van der Waals surface area contributed by atoms with Crippen LogP contribution in [0.3, 0.4) is 0 Å². The van der Waals surface area contributed by atoms with Gasteiger partial charge in [-0.05, 0) is 29.8 Å². The minimum absolute atomic E-state index is 0.238. The molecule has 0 atom stereocenters. The van der Waals surface area contributed by atoms with E-state index in [9.17, 15) is 0 Å². The average molecular weight is 306 g/mol. The Morgan fingerprint density at radius 1 is 1.04 bits per heavy atom. The van der Waals surface area contributed by atoms with E-state index in [1.165, 1.54) is 0 Å². The largest absolute Gasteiger partial charge is 0.497 e. The van der Waals surface area contributed by atoms with Gasteiger partial charge < -0.3 is 9.47 Å². The van der Waals surface area contributed by atoms with E-state index in [1.807, 2.05) is 30.3 Å². The number of nitrogens with zero attached hydrogens (tertiary/aromatic N) is 3. The number of anilines is 1. The Hall–Kier alpha value is -3.51. The molecule has 0 aliphatic carbocycles. The highest BCUT2D eigenvalue weighted by atomic mass is 16.5. The summed E-state index contributed by atoms with van der Waals surface area (Å²) < 4.78 is 10.6. The molecule has 0 aliphatic rings. The number of methoxy groups -OCH3 is 2. The number of hydrogen-bond acceptors (Lipinski definition) is 6. The van der Waals surface area contributed by atoms with Crippen molar-refractivity contribution in [1.82, 2.24) is 0 Å². The van der Waals surface area contributed by atoms with Crippen LogP contribution >= 0.6 is 0 Å². The molecule has 6 nitrogen and oxygen atoms in total. The van der Waals surface area contributed by atoms with Crippen molar-refractivity contribution in [3.05, 3.63) is 42.5 Å². The molecule has 114 valence electrons. The summed E-state index contributed by atoms with van der Waals surface area (Å²) in [5.74, 6) is 1.39. The molecule has 0 aliphatic heterocycles. The molecule has 0 amide bonds. The summed E-state index contributed by atoms with van der Waals surface area (Å²) in [6.07, 6.45) is 0. The van der Waals surface area contributed by atoms with Crippen LogP contribution in [0.15, 0.2) is 47.6 Å². The highest BCUT2D eigenvalue weighted by Gasteiger charge is 2.08. The Bertz CT molecular complexity index is 800. The van der Waals surface area contributed by atoms with E-state index in [1.54, 1.807) is 38.5 Å². The summed E-state index contributed by atoms with van der Waals surface area (Å²) in [6, 6.07) is 16.3. The zero-order valence-electron chi connectivity index (χ0n) is 12.7. The predicted molar refractivity (Wildman–Crippen MR) is 87.3 cm³/mol. The normalized spacial score (nSPS) is 9.22. The van der Waals surface area contributed by atoms with E-state index in [0.717, 1.165) is 11.1 Å². The molecule has 0 spiro atoms. The quantitative estimate of drug-likeness (QED) is 0.676. The van der Waals surface area contributed by atoms with Gasteiger partial charge >= 0.3 is 0 Å². The molecule has 6 heteroatoms. The Labute approximate surface area is 134 Å². The smallest absolute Gasteiger partial charge is 0.237 e. The van der Waals surface area contributed by atoms with Gasteiger partial charge in [0, 0.05) is 11.6 Å². The number of hydrogen-bond donors (Lipinski definition) is 1. The van der Waals surface area contributed by atoms with Crippen LogP contribution in [0.5, 0.6) is 11.5 Å². The summed E-state index contributed by atoms with van der Waals surface area (Å²) in [4.78, 5) is 0. The van der Waals surface area contributed by atoms with Crippen molar-refractivity contribution < 1.29 is 9.47 Å². The Morgan fingerprint density at radius 2 is 1.83 bits per heavy atom. The van der Waals surface area contributed by atoms with Gasteiger partial charge in [0.2, 0.25) is 5.71 Å². The van der Waals surface area contributed by atoms with E-state index < -0.39 is 0 Å². The minimum atomic E-state index is -0.238. The van der Waals surface area contributed by atoms with Crippen LogP contribution < -0.4 is 14.9 Å². The first-order valence-corrected chi connectivity index (χ1v) is 6.68. The monoisotopic (exact) mass is 306 g/mol. The van der Waals surface area contributed by atoms with Crippen LogP contribution in [0.4, 0.5) is 5.69 Å². The van der Waals surface area contributed by atoms with E-state index in [-0.39, 0.29) is 5.71 Å². The molecule has 2 aromatic carbocycles. The van der Waals surface area contributed by atoms with Crippen LogP contribution in [0.2, 0.25) is 0 Å². The van der Waals surface area contributed by atoms with E-state index in [2.05, 4.69) is 10.5 Å². The Kier molecular flexibility index (Phi) is 5.16. The molecule has 0 heterocycles. The predicted octanol–water partition coefficient (Wildman–Crippen LogP) is 3.19. The lowest BCUT2D eigenvalue weighted by molar-refractivity contribution is 0.395. The van der Waals surface area contributed by atoms with Crippen molar-refractivity contribution in [2.24, 2.45) is 5.10 Å². The van der Waals surface area contributed by atoms with E-state index in [0.29, 0.717) is 17.2 Å². The van der Waals surface area contributed by atoms with Crippen molar-refractivity contribution in [1.29, 1.82) is 10.5 Å². The van der Waals surface area contributed by atoms with Gasteiger partial charge in [0.1, 0.15) is 23.6 Å². The Balaban J connectivity index is 2.36. The van der Waals surface area contributed by atoms with Crippen LogP contribution in [-0.4, -0.2) is 19.9 Å². The molecular formula is C17H14N4O2. The molecule has 0 saturated heterocycles. The van der Waals surface area contributed by atoms with E-state index in [4.69, 9.17) is 20.0 Å². The molecular weight excluding hydrogens is 292 g/mol. The lowest BCUT2D eigenvalue weighted by Crippen LogP contribution is -1.96. The number of nitriles is 2. The molecule has 0 bridgehead atoms. The standard InChI is InChI=1S/C17H14N4O2/c1-22-15-6-7-16(17(9-15)23-2)12-4-3-5-13(8-12)20-21-14(10-18)11-19/h3-9,20H,1-2H3. The van der Waals surface area contributed by atoms with Crippen molar-refractivity contribution in [2.75, 3.05) is 19.6 Å². The van der Waals surface area contributed by atoms with Crippen LogP contribution in [0.25, 0.3) is 11.1 Å². The van der Waals surface area contributed by atoms with Crippen molar-refractivity contribution >= 4 is 11.4 Å². The molecule has 23 heavy (non-hydrogen) atoms. The summed E-state index contributed by atoms with van der Waals surface area (Å²) >= 11 is 0. The van der Waals surface area contributed by atoms with Gasteiger partial charge in [-0.25, -0.2) is 0 Å². The fourth-order valence-corrected chi connectivity index (χ4v) is 1.99. The van der Waals surface area contributed by atoms with Gasteiger partial charge in [-0.2, -0.15) is 15.6 Å². The number of rotatable bonds is 5. The van der Waals surface area contributed by atoms with Gasteiger partial charge in [-0.15, -0.1) is 0 Å². The minimum Gasteiger partial charge on any atom is -0.497 e. The van der Waals surface area contributed by atoms with Crippen molar-refractivity contribution in [3.8, 4) is 34.8 Å². The molecule has 2 aromatic rings. The molecule has 0 radical (unpaired) electrons. The zero-order valence-corrected chi connectivity index (χ0v) is 12.7. The highest BCUT2D eigenvalue weighted by Crippen LogP contribution is 2.34. The third kappa shape index (κ3) is 3.78. The fraction of sp³-hybridized carbons (Fsp3) is 0.118. The highest BCUT2D eigenvalue weighted by molar-refractivity contribution is 6.10. The maximum atomic E-state index is 8.68. The zero-order chi connectivity index (χ0) is 16.7. The van der Waals surface area contributed by atoms with Crippen molar-refractivity contribution in [3.63, 3.8) is 0 Å². The second-order valence-electron chi connectivity index (χ2n) is 4.44. The first-order valence-electron chi connectivity index (χ1n) is 6.68. The molecule has 0 aromatic heterocycles. The maximum Gasteiger partial charge on any atom is 0.237 e. The van der Waals surface area contributed by atoms with Gasteiger partial charge in [-0.1, -0.05) is 12.1 Å². The van der Waals surface area contributed by atoms with Gasteiger partial charge in [0.05, 0.1) is 19.9 Å². The SMILES string of the molecule is COc1ccc(-c2cccc(NN=C(C#N)C#N)c2)c(OC)c1. The third-order valence-electron chi connectivity index (χ3n) is 3.09. The average Bonchev–Trinajstić information content (AvgIpc) is 2.62. The first-order chi connectivity index (χ1) is 11.2. The summed E-state index contributed by atoms with van der Waals surface area (Å²) in [5, 5.41) is 21.1. The van der Waals surface area contributed by atoms with Crippen molar-refractivity contribution in [2.45, 2.75) is 0 Å². The summed E-state index contributed by atoms with van der Waals surface area (Å²) in [7, 11) is 3.19. The number of benzene rings is 2. The molecule has 0 unspecified atom stereocenters. The summed E-state index contributed by atoms with van der Waals surface area (Å²) in [5.41, 5.74) is 4.91.